The van der Waals surface area contributed by atoms with Crippen molar-refractivity contribution < 1.29 is 0 Å². The Morgan fingerprint density at radius 3 is 1.47 bits per heavy atom. The molecule has 2 unspecified atom stereocenters. The molecule has 300 valence electrons. The maximum absolute atomic E-state index is 2.59. The van der Waals surface area contributed by atoms with Crippen molar-refractivity contribution in [2.24, 2.45) is 0 Å². The maximum Gasteiger partial charge on any atom is 0.0612 e. The number of para-hydroxylation sites is 2. The van der Waals surface area contributed by atoms with E-state index in [1.165, 1.54) is 83.0 Å². The second-order valence-electron chi connectivity index (χ2n) is 17.0. The van der Waals surface area contributed by atoms with Gasteiger partial charge in [-0.2, -0.15) is 0 Å². The normalized spacial score (nSPS) is 14.9. The van der Waals surface area contributed by atoms with Crippen LogP contribution in [0.2, 0.25) is 0 Å². The Morgan fingerprint density at radius 1 is 0.419 bits per heavy atom. The number of aryl methyl sites for hydroxylation is 1. The van der Waals surface area contributed by atoms with E-state index in [0.717, 1.165) is 17.1 Å². The van der Waals surface area contributed by atoms with E-state index in [1.54, 1.807) is 0 Å². The summed E-state index contributed by atoms with van der Waals surface area (Å²) in [5.41, 5.74) is 16.3. The minimum atomic E-state index is 0.158. The molecule has 62 heavy (non-hydrogen) atoms. The molecule has 10 aromatic rings. The van der Waals surface area contributed by atoms with E-state index in [9.17, 15) is 0 Å². The number of nitrogens with zero attached hydrogens (tertiary/aromatic N) is 3. The standard InChI is InChI=1S/C59H49N3/c1-39-41(3)60(48-27-25-45(26-28-48)57(43-17-9-5-10-18-43)44-19-11-6-12-20-44)58-51(39)33-35-53-54-36-34-52-40(2)42(4)61(59(52)56(54)38-37-55(53)58)49-29-31-50(32-30-49)62(46-21-13-7-14-22-46)47-23-15-8-16-24-47/h5-38,40,42,57H,1-4H3. The molecule has 3 nitrogen and oxygen atoms in total. The van der Waals surface area contributed by atoms with Gasteiger partial charge in [0.15, 0.2) is 0 Å². The van der Waals surface area contributed by atoms with Crippen LogP contribution in [0.1, 0.15) is 59.2 Å². The summed E-state index contributed by atoms with van der Waals surface area (Å²) >= 11 is 0. The lowest BCUT2D eigenvalue weighted by Crippen LogP contribution is -2.26. The molecule has 9 aromatic carbocycles. The first-order valence-corrected chi connectivity index (χ1v) is 22.0. The Labute approximate surface area is 364 Å². The molecule has 0 spiro atoms. The minimum absolute atomic E-state index is 0.158. The maximum atomic E-state index is 2.59. The highest BCUT2D eigenvalue weighted by Crippen LogP contribution is 2.51. The first kappa shape index (κ1) is 37.6. The first-order chi connectivity index (χ1) is 30.5. The van der Waals surface area contributed by atoms with Gasteiger partial charge < -0.3 is 14.4 Å². The first-order valence-electron chi connectivity index (χ1n) is 22.0. The van der Waals surface area contributed by atoms with Crippen LogP contribution in [0.15, 0.2) is 206 Å². The van der Waals surface area contributed by atoms with Crippen molar-refractivity contribution >= 4 is 60.9 Å². The highest BCUT2D eigenvalue weighted by Gasteiger charge is 2.35. The van der Waals surface area contributed by atoms with Crippen LogP contribution >= 0.6 is 0 Å². The van der Waals surface area contributed by atoms with Crippen molar-refractivity contribution in [3.63, 3.8) is 0 Å². The second kappa shape index (κ2) is 15.3. The average molecular weight is 800 g/mol. The average Bonchev–Trinajstić information content (AvgIpc) is 3.75. The third-order valence-electron chi connectivity index (χ3n) is 13.7. The molecule has 1 aromatic heterocycles. The molecule has 0 N–H and O–H groups in total. The molecular formula is C59H49N3. The van der Waals surface area contributed by atoms with E-state index in [2.05, 4.69) is 248 Å². The molecule has 0 aliphatic carbocycles. The molecule has 2 heterocycles. The van der Waals surface area contributed by atoms with Crippen molar-refractivity contribution in [1.82, 2.24) is 4.57 Å². The Morgan fingerprint density at radius 2 is 0.871 bits per heavy atom. The highest BCUT2D eigenvalue weighted by atomic mass is 15.2. The smallest absolute Gasteiger partial charge is 0.0612 e. The molecule has 0 saturated heterocycles. The fourth-order valence-corrected chi connectivity index (χ4v) is 10.3. The molecule has 1 aliphatic rings. The third-order valence-corrected chi connectivity index (χ3v) is 13.7. The van der Waals surface area contributed by atoms with E-state index in [1.807, 2.05) is 0 Å². The molecule has 0 fully saturated rings. The minimum Gasteiger partial charge on any atom is -0.337 e. The summed E-state index contributed by atoms with van der Waals surface area (Å²) in [6.45, 7) is 9.30. The van der Waals surface area contributed by atoms with Gasteiger partial charge in [-0.1, -0.05) is 153 Å². The zero-order valence-corrected chi connectivity index (χ0v) is 35.7. The summed E-state index contributed by atoms with van der Waals surface area (Å²) in [5.74, 6) is 0.539. The Kier molecular flexibility index (Phi) is 9.27. The van der Waals surface area contributed by atoms with Crippen LogP contribution in [-0.2, 0) is 0 Å². The molecule has 11 rings (SSSR count). The summed E-state index contributed by atoms with van der Waals surface area (Å²) < 4.78 is 2.49. The molecular weight excluding hydrogens is 751 g/mol. The van der Waals surface area contributed by atoms with Crippen molar-refractivity contribution in [3.05, 3.63) is 240 Å². The third kappa shape index (κ3) is 6.10. The van der Waals surface area contributed by atoms with E-state index >= 15 is 0 Å². The summed E-state index contributed by atoms with van der Waals surface area (Å²) in [6.07, 6.45) is 0. The van der Waals surface area contributed by atoms with Gasteiger partial charge in [0.05, 0.1) is 11.2 Å². The number of benzene rings is 9. The van der Waals surface area contributed by atoms with Gasteiger partial charge >= 0.3 is 0 Å². The fraction of sp³-hybridized carbons (Fsp3) is 0.119. The van der Waals surface area contributed by atoms with Gasteiger partial charge in [-0.3, -0.25) is 0 Å². The van der Waals surface area contributed by atoms with Gasteiger partial charge in [0.25, 0.3) is 0 Å². The number of hydrogen-bond acceptors (Lipinski definition) is 2. The topological polar surface area (TPSA) is 11.4 Å². The van der Waals surface area contributed by atoms with Gasteiger partial charge in [0.2, 0.25) is 0 Å². The van der Waals surface area contributed by atoms with Crippen molar-refractivity contribution in [2.75, 3.05) is 9.80 Å². The quantitative estimate of drug-likeness (QED) is 0.112. The van der Waals surface area contributed by atoms with Crippen LogP contribution in [-0.4, -0.2) is 10.6 Å². The molecule has 2 atom stereocenters. The van der Waals surface area contributed by atoms with E-state index in [4.69, 9.17) is 0 Å². The highest BCUT2D eigenvalue weighted by molar-refractivity contribution is 6.20. The SMILES string of the molecule is Cc1c(C)n(-c2ccc(C(c3ccccc3)c3ccccc3)cc2)c2c1ccc1c3ccc4c(c3ccc12)N(c1ccc(N(c2ccccc2)c2ccccc2)cc1)C(C)C4C. The molecule has 0 radical (unpaired) electrons. The van der Waals surface area contributed by atoms with Crippen molar-refractivity contribution in [1.29, 1.82) is 0 Å². The molecule has 1 aliphatic heterocycles. The van der Waals surface area contributed by atoms with Crippen LogP contribution in [0.4, 0.5) is 28.4 Å². The Bertz CT molecular complexity index is 3130. The lowest BCUT2D eigenvalue weighted by Gasteiger charge is -2.29. The second-order valence-corrected chi connectivity index (χ2v) is 17.0. The Balaban J connectivity index is 1.01. The van der Waals surface area contributed by atoms with E-state index in [-0.39, 0.29) is 5.92 Å². The van der Waals surface area contributed by atoms with Crippen molar-refractivity contribution in [3.8, 4) is 5.69 Å². The Hall–Kier alpha value is -7.36. The summed E-state index contributed by atoms with van der Waals surface area (Å²) in [6, 6.07) is 76.0. The van der Waals surface area contributed by atoms with E-state index in [0.29, 0.717) is 12.0 Å². The van der Waals surface area contributed by atoms with Gasteiger partial charge in [0, 0.05) is 68.2 Å². The fourth-order valence-electron chi connectivity index (χ4n) is 10.3. The van der Waals surface area contributed by atoms with Crippen LogP contribution < -0.4 is 9.80 Å². The number of aromatic nitrogens is 1. The lowest BCUT2D eigenvalue weighted by atomic mass is 9.85. The van der Waals surface area contributed by atoms with Crippen molar-refractivity contribution in [2.45, 2.75) is 45.6 Å². The molecule has 3 heteroatoms. The zero-order chi connectivity index (χ0) is 41.9. The van der Waals surface area contributed by atoms with Crippen LogP contribution in [0.25, 0.3) is 38.1 Å². The predicted octanol–water partition coefficient (Wildman–Crippen LogP) is 15.8. The lowest BCUT2D eigenvalue weighted by molar-refractivity contribution is 0.642. The summed E-state index contributed by atoms with van der Waals surface area (Å²) in [7, 11) is 0. The van der Waals surface area contributed by atoms with Gasteiger partial charge in [-0.25, -0.2) is 0 Å². The van der Waals surface area contributed by atoms with Gasteiger partial charge in [-0.15, -0.1) is 0 Å². The molecule has 0 bridgehead atoms. The summed E-state index contributed by atoms with van der Waals surface area (Å²) in [4.78, 5) is 4.92. The molecule has 0 saturated carbocycles. The van der Waals surface area contributed by atoms with E-state index < -0.39 is 0 Å². The van der Waals surface area contributed by atoms with Crippen LogP contribution in [0.3, 0.4) is 0 Å². The number of hydrogen-bond donors (Lipinski definition) is 0. The monoisotopic (exact) mass is 799 g/mol. The van der Waals surface area contributed by atoms with Crippen LogP contribution in [0, 0.1) is 13.8 Å². The predicted molar refractivity (Wildman–Crippen MR) is 263 cm³/mol. The number of fused-ring (bicyclic) bond motifs is 7. The number of anilines is 5. The van der Waals surface area contributed by atoms with Crippen LogP contribution in [0.5, 0.6) is 0 Å². The summed E-state index contributed by atoms with van der Waals surface area (Å²) in [5, 5.41) is 6.45. The zero-order valence-electron chi connectivity index (χ0n) is 35.7. The van der Waals surface area contributed by atoms with Gasteiger partial charge in [-0.05, 0) is 120 Å². The number of rotatable bonds is 8. The largest absolute Gasteiger partial charge is 0.337 e. The van der Waals surface area contributed by atoms with Gasteiger partial charge in [0.1, 0.15) is 0 Å². The molecule has 0 amide bonds.